The first-order valence-corrected chi connectivity index (χ1v) is 4.64. The fourth-order valence-electron chi connectivity index (χ4n) is 1.48. The van der Waals surface area contributed by atoms with Gasteiger partial charge in [0.2, 0.25) is 0 Å². The lowest BCUT2D eigenvalue weighted by Crippen LogP contribution is -2.34. The van der Waals surface area contributed by atoms with E-state index in [4.69, 9.17) is 0 Å². The van der Waals surface area contributed by atoms with Crippen molar-refractivity contribution in [1.82, 2.24) is 5.32 Å². The molecule has 0 unspecified atom stereocenters. The second-order valence-electron chi connectivity index (χ2n) is 3.41. The molecule has 1 saturated heterocycles. The van der Waals surface area contributed by atoms with E-state index in [1.54, 1.807) is 12.1 Å². The molecular weight excluding hydrogens is 243 g/mol. The summed E-state index contributed by atoms with van der Waals surface area (Å²) < 4.78 is 39.3. The Labute approximate surface area is 97.2 Å². The molecule has 1 aliphatic rings. The Balaban J connectivity index is 0.00000128. The number of hydrogen-bond acceptors (Lipinski definition) is 2. The standard InChI is InChI=1S/C10H10F3NO.ClH/c11-10(12,13)15-8-3-1-7(2-4-8)9-5-6-14-9;/h1-4,9,14H,5-6H2;1H/t9-;/m0./s1. The number of benzene rings is 1. The van der Waals surface area contributed by atoms with Gasteiger partial charge >= 0.3 is 6.36 Å². The third kappa shape index (κ3) is 3.28. The van der Waals surface area contributed by atoms with E-state index < -0.39 is 6.36 Å². The minimum Gasteiger partial charge on any atom is -0.406 e. The Morgan fingerprint density at radius 2 is 1.75 bits per heavy atom. The van der Waals surface area contributed by atoms with Crippen LogP contribution < -0.4 is 10.1 Å². The van der Waals surface area contributed by atoms with Crippen LogP contribution in [0.3, 0.4) is 0 Å². The van der Waals surface area contributed by atoms with E-state index in [0.29, 0.717) is 0 Å². The Kier molecular flexibility index (Phi) is 4.04. The van der Waals surface area contributed by atoms with Crippen LogP contribution in [-0.4, -0.2) is 12.9 Å². The number of rotatable bonds is 2. The molecular formula is C10H11ClF3NO. The van der Waals surface area contributed by atoms with Crippen LogP contribution in [0.15, 0.2) is 24.3 Å². The minimum atomic E-state index is -4.61. The average Bonchev–Trinajstić information content (AvgIpc) is 2.02. The second-order valence-corrected chi connectivity index (χ2v) is 3.41. The maximum atomic E-state index is 11.8. The quantitative estimate of drug-likeness (QED) is 0.875. The summed E-state index contributed by atoms with van der Waals surface area (Å²) in [6.45, 7) is 0.964. The Bertz CT molecular complexity index is 335. The zero-order chi connectivity index (χ0) is 10.9. The summed E-state index contributed by atoms with van der Waals surface area (Å²) in [6, 6.07) is 6.26. The van der Waals surface area contributed by atoms with E-state index in [1.807, 2.05) is 0 Å². The van der Waals surface area contributed by atoms with Gasteiger partial charge in [-0.2, -0.15) is 0 Å². The number of nitrogens with one attached hydrogen (secondary N) is 1. The second kappa shape index (κ2) is 4.93. The lowest BCUT2D eigenvalue weighted by Gasteiger charge is -2.28. The van der Waals surface area contributed by atoms with E-state index in [1.165, 1.54) is 12.1 Å². The molecule has 1 aromatic rings. The predicted molar refractivity (Wildman–Crippen MR) is 55.7 cm³/mol. The Morgan fingerprint density at radius 3 is 2.12 bits per heavy atom. The van der Waals surface area contributed by atoms with Crippen molar-refractivity contribution in [2.75, 3.05) is 6.54 Å². The van der Waals surface area contributed by atoms with Crippen LogP contribution in [0.2, 0.25) is 0 Å². The average molecular weight is 254 g/mol. The van der Waals surface area contributed by atoms with E-state index in [2.05, 4.69) is 10.1 Å². The smallest absolute Gasteiger partial charge is 0.406 e. The van der Waals surface area contributed by atoms with Gasteiger partial charge in [-0.25, -0.2) is 0 Å². The molecule has 1 heterocycles. The van der Waals surface area contributed by atoms with Crippen LogP contribution in [0, 0.1) is 0 Å². The third-order valence-corrected chi connectivity index (χ3v) is 2.34. The Morgan fingerprint density at radius 1 is 1.19 bits per heavy atom. The summed E-state index contributed by atoms with van der Waals surface area (Å²) in [5.41, 5.74) is 0.996. The highest BCUT2D eigenvalue weighted by Gasteiger charge is 2.31. The highest BCUT2D eigenvalue weighted by molar-refractivity contribution is 5.85. The third-order valence-electron chi connectivity index (χ3n) is 2.34. The van der Waals surface area contributed by atoms with E-state index in [0.717, 1.165) is 18.5 Å². The highest BCUT2D eigenvalue weighted by Crippen LogP contribution is 2.27. The summed E-state index contributed by atoms with van der Waals surface area (Å²) in [4.78, 5) is 0. The molecule has 1 aromatic carbocycles. The van der Waals surface area contributed by atoms with Gasteiger partial charge in [-0.1, -0.05) is 12.1 Å². The first-order valence-electron chi connectivity index (χ1n) is 4.64. The van der Waals surface area contributed by atoms with Crippen molar-refractivity contribution >= 4 is 12.4 Å². The van der Waals surface area contributed by atoms with Crippen LogP contribution in [-0.2, 0) is 0 Å². The van der Waals surface area contributed by atoms with Crippen LogP contribution in [0.5, 0.6) is 5.75 Å². The molecule has 1 aliphatic heterocycles. The van der Waals surface area contributed by atoms with Crippen molar-refractivity contribution in [1.29, 1.82) is 0 Å². The molecule has 0 spiro atoms. The molecule has 0 aliphatic carbocycles. The van der Waals surface area contributed by atoms with E-state index in [-0.39, 0.29) is 24.2 Å². The van der Waals surface area contributed by atoms with Gasteiger partial charge in [-0.3, -0.25) is 0 Å². The topological polar surface area (TPSA) is 21.3 Å². The van der Waals surface area contributed by atoms with Gasteiger partial charge in [0.15, 0.2) is 0 Å². The summed E-state index contributed by atoms with van der Waals surface area (Å²) in [7, 11) is 0. The predicted octanol–water partition coefficient (Wildman–Crippen LogP) is 3.04. The van der Waals surface area contributed by atoms with Crippen LogP contribution in [0.1, 0.15) is 18.0 Å². The molecule has 2 rings (SSSR count). The Hall–Kier alpha value is -0.940. The molecule has 1 N–H and O–H groups in total. The van der Waals surface area contributed by atoms with Gasteiger partial charge < -0.3 is 10.1 Å². The maximum absolute atomic E-state index is 11.8. The fraction of sp³-hybridized carbons (Fsp3) is 0.400. The van der Waals surface area contributed by atoms with Crippen molar-refractivity contribution in [2.45, 2.75) is 18.8 Å². The molecule has 0 amide bonds. The molecule has 1 fully saturated rings. The number of alkyl halides is 3. The fourth-order valence-corrected chi connectivity index (χ4v) is 1.48. The molecule has 6 heteroatoms. The van der Waals surface area contributed by atoms with Crippen molar-refractivity contribution in [3.8, 4) is 5.75 Å². The molecule has 2 nitrogen and oxygen atoms in total. The van der Waals surface area contributed by atoms with Gasteiger partial charge in [0.25, 0.3) is 0 Å². The summed E-state index contributed by atoms with van der Waals surface area (Å²) in [5, 5.41) is 3.17. The lowest BCUT2D eigenvalue weighted by molar-refractivity contribution is -0.274. The molecule has 90 valence electrons. The number of ether oxygens (including phenoxy) is 1. The van der Waals surface area contributed by atoms with Crippen LogP contribution >= 0.6 is 12.4 Å². The summed E-state index contributed by atoms with van der Waals surface area (Å²) in [6.07, 6.45) is -3.59. The van der Waals surface area contributed by atoms with Crippen LogP contribution in [0.4, 0.5) is 13.2 Å². The normalized spacial score (nSPS) is 19.6. The lowest BCUT2D eigenvalue weighted by atomic mass is 9.98. The summed E-state index contributed by atoms with van der Waals surface area (Å²) in [5.74, 6) is -0.175. The first-order chi connectivity index (χ1) is 7.04. The molecule has 0 radical (unpaired) electrons. The van der Waals surface area contributed by atoms with Crippen molar-refractivity contribution in [3.63, 3.8) is 0 Å². The molecule has 0 aromatic heterocycles. The maximum Gasteiger partial charge on any atom is 0.573 e. The van der Waals surface area contributed by atoms with Crippen molar-refractivity contribution < 1.29 is 17.9 Å². The molecule has 1 atom stereocenters. The van der Waals surface area contributed by atoms with Crippen LogP contribution in [0.25, 0.3) is 0 Å². The number of hydrogen-bond donors (Lipinski definition) is 1. The van der Waals surface area contributed by atoms with Gasteiger partial charge in [0.05, 0.1) is 0 Å². The SMILES string of the molecule is Cl.FC(F)(F)Oc1ccc([C@@H]2CCN2)cc1. The monoisotopic (exact) mass is 253 g/mol. The van der Waals surface area contributed by atoms with Crippen molar-refractivity contribution in [2.24, 2.45) is 0 Å². The molecule has 16 heavy (non-hydrogen) atoms. The molecule has 0 saturated carbocycles. The first kappa shape index (κ1) is 13.1. The summed E-state index contributed by atoms with van der Waals surface area (Å²) >= 11 is 0. The van der Waals surface area contributed by atoms with Crippen molar-refractivity contribution in [3.05, 3.63) is 29.8 Å². The highest BCUT2D eigenvalue weighted by atomic mass is 35.5. The van der Waals surface area contributed by atoms with E-state index in [9.17, 15) is 13.2 Å². The van der Waals surface area contributed by atoms with Gasteiger partial charge in [0.1, 0.15) is 5.75 Å². The van der Waals surface area contributed by atoms with Gasteiger partial charge in [0, 0.05) is 6.04 Å². The minimum absolute atomic E-state index is 0. The van der Waals surface area contributed by atoms with Gasteiger partial charge in [-0.05, 0) is 30.7 Å². The van der Waals surface area contributed by atoms with Gasteiger partial charge in [-0.15, -0.1) is 25.6 Å². The van der Waals surface area contributed by atoms with E-state index >= 15 is 0 Å². The number of halogens is 4. The zero-order valence-electron chi connectivity index (χ0n) is 8.25. The molecule has 0 bridgehead atoms. The largest absolute Gasteiger partial charge is 0.573 e. The zero-order valence-corrected chi connectivity index (χ0v) is 9.07.